The number of hydrogen-bond donors (Lipinski definition) is 0. The molecule has 90 valence electrons. The minimum Gasteiger partial charge on any atom is -0.327 e. The van der Waals surface area contributed by atoms with E-state index in [0.717, 1.165) is 23.8 Å². The molecule has 1 aliphatic carbocycles. The summed E-state index contributed by atoms with van der Waals surface area (Å²) in [5, 5.41) is 0. The van der Waals surface area contributed by atoms with Gasteiger partial charge in [-0.05, 0) is 37.3 Å². The summed E-state index contributed by atoms with van der Waals surface area (Å²) in [6.45, 7) is 3.20. The lowest BCUT2D eigenvalue weighted by atomic mass is 9.85. The second kappa shape index (κ2) is 4.34. The Morgan fingerprint density at radius 3 is 2.88 bits per heavy atom. The zero-order chi connectivity index (χ0) is 11.8. The Morgan fingerprint density at radius 2 is 2.24 bits per heavy atom. The van der Waals surface area contributed by atoms with Crippen LogP contribution in [0.2, 0.25) is 0 Å². The second-order valence-electron chi connectivity index (χ2n) is 5.01. The van der Waals surface area contributed by atoms with E-state index < -0.39 is 0 Å². The topological polar surface area (TPSA) is 17.8 Å². The maximum absolute atomic E-state index is 6.02. The summed E-state index contributed by atoms with van der Waals surface area (Å²) < 4.78 is 2.32. The number of rotatable bonds is 3. The van der Waals surface area contributed by atoms with Crippen LogP contribution in [0.3, 0.4) is 0 Å². The van der Waals surface area contributed by atoms with E-state index in [9.17, 15) is 0 Å². The van der Waals surface area contributed by atoms with Crippen molar-refractivity contribution in [3.63, 3.8) is 0 Å². The molecule has 1 saturated carbocycles. The Balaban J connectivity index is 2.09. The van der Waals surface area contributed by atoms with Crippen molar-refractivity contribution in [3.8, 4) is 0 Å². The lowest BCUT2D eigenvalue weighted by Crippen LogP contribution is -2.19. The molecule has 17 heavy (non-hydrogen) atoms. The molecule has 0 bridgehead atoms. The van der Waals surface area contributed by atoms with Crippen LogP contribution in [-0.2, 0) is 12.4 Å². The Labute approximate surface area is 107 Å². The van der Waals surface area contributed by atoms with Crippen LogP contribution in [0, 0.1) is 12.8 Å². The van der Waals surface area contributed by atoms with Gasteiger partial charge in [0.15, 0.2) is 0 Å². The van der Waals surface area contributed by atoms with Crippen LogP contribution < -0.4 is 0 Å². The van der Waals surface area contributed by atoms with Gasteiger partial charge in [-0.1, -0.05) is 18.6 Å². The average Bonchev–Trinajstić information content (AvgIpc) is 2.63. The SMILES string of the molecule is Cc1cccc2c1nc(CCl)n2CC1CCC1. The van der Waals surface area contributed by atoms with Crippen molar-refractivity contribution in [1.82, 2.24) is 9.55 Å². The highest BCUT2D eigenvalue weighted by Crippen LogP contribution is 2.30. The van der Waals surface area contributed by atoms with E-state index in [0.29, 0.717) is 5.88 Å². The molecule has 1 fully saturated rings. The first-order valence-corrected chi connectivity index (χ1v) is 6.83. The first-order valence-electron chi connectivity index (χ1n) is 6.30. The smallest absolute Gasteiger partial charge is 0.124 e. The lowest BCUT2D eigenvalue weighted by Gasteiger charge is -2.26. The highest BCUT2D eigenvalue weighted by molar-refractivity contribution is 6.16. The molecule has 0 amide bonds. The summed E-state index contributed by atoms with van der Waals surface area (Å²) in [5.41, 5.74) is 3.59. The van der Waals surface area contributed by atoms with Gasteiger partial charge in [-0.15, -0.1) is 11.6 Å². The van der Waals surface area contributed by atoms with Gasteiger partial charge in [0.25, 0.3) is 0 Å². The van der Waals surface area contributed by atoms with Crippen LogP contribution in [0.1, 0.15) is 30.7 Å². The van der Waals surface area contributed by atoms with E-state index in [1.54, 1.807) is 0 Å². The average molecular weight is 249 g/mol. The normalized spacial score (nSPS) is 16.4. The third-order valence-electron chi connectivity index (χ3n) is 3.84. The minimum absolute atomic E-state index is 0.501. The van der Waals surface area contributed by atoms with Gasteiger partial charge in [0.1, 0.15) is 5.82 Å². The molecule has 1 aliphatic rings. The van der Waals surface area contributed by atoms with E-state index in [1.807, 2.05) is 0 Å². The summed E-state index contributed by atoms with van der Waals surface area (Å²) in [5.74, 6) is 2.35. The lowest BCUT2D eigenvalue weighted by molar-refractivity contribution is 0.277. The Kier molecular flexibility index (Phi) is 2.83. The molecular formula is C14H17ClN2. The van der Waals surface area contributed by atoms with Crippen LogP contribution in [0.4, 0.5) is 0 Å². The Bertz CT molecular complexity index is 540. The number of imidazole rings is 1. The predicted octanol–water partition coefficient (Wildman–Crippen LogP) is 3.88. The zero-order valence-electron chi connectivity index (χ0n) is 10.1. The molecule has 0 aliphatic heterocycles. The molecule has 3 rings (SSSR count). The summed E-state index contributed by atoms with van der Waals surface area (Å²) in [7, 11) is 0. The van der Waals surface area contributed by atoms with Gasteiger partial charge in [0.2, 0.25) is 0 Å². The van der Waals surface area contributed by atoms with Gasteiger partial charge >= 0.3 is 0 Å². The number of benzene rings is 1. The molecule has 1 heterocycles. The van der Waals surface area contributed by atoms with Gasteiger partial charge in [-0.2, -0.15) is 0 Å². The fraction of sp³-hybridized carbons (Fsp3) is 0.500. The van der Waals surface area contributed by atoms with Gasteiger partial charge in [-0.25, -0.2) is 4.98 Å². The number of para-hydroxylation sites is 1. The molecule has 0 spiro atoms. The molecule has 0 saturated heterocycles. The molecular weight excluding hydrogens is 232 g/mol. The quantitative estimate of drug-likeness (QED) is 0.754. The van der Waals surface area contributed by atoms with Crippen LogP contribution in [-0.4, -0.2) is 9.55 Å². The summed E-state index contributed by atoms with van der Waals surface area (Å²) >= 11 is 6.02. The van der Waals surface area contributed by atoms with Crippen molar-refractivity contribution in [1.29, 1.82) is 0 Å². The summed E-state index contributed by atoms with van der Waals surface area (Å²) in [6.07, 6.45) is 4.09. The number of hydrogen-bond acceptors (Lipinski definition) is 1. The van der Waals surface area contributed by atoms with Gasteiger partial charge in [0, 0.05) is 6.54 Å². The number of alkyl halides is 1. The van der Waals surface area contributed by atoms with Gasteiger partial charge in [0.05, 0.1) is 16.9 Å². The van der Waals surface area contributed by atoms with E-state index >= 15 is 0 Å². The molecule has 0 unspecified atom stereocenters. The molecule has 1 aromatic carbocycles. The van der Waals surface area contributed by atoms with Crippen LogP contribution in [0.5, 0.6) is 0 Å². The monoisotopic (exact) mass is 248 g/mol. The van der Waals surface area contributed by atoms with Crippen molar-refractivity contribution < 1.29 is 0 Å². The number of aryl methyl sites for hydroxylation is 1. The molecule has 2 nitrogen and oxygen atoms in total. The van der Waals surface area contributed by atoms with E-state index in [-0.39, 0.29) is 0 Å². The number of aromatic nitrogens is 2. The maximum atomic E-state index is 6.02. The predicted molar refractivity (Wildman–Crippen MR) is 71.4 cm³/mol. The molecule has 2 aromatic rings. The zero-order valence-corrected chi connectivity index (χ0v) is 10.9. The fourth-order valence-electron chi connectivity index (χ4n) is 2.57. The van der Waals surface area contributed by atoms with Crippen LogP contribution in [0.25, 0.3) is 11.0 Å². The highest BCUT2D eigenvalue weighted by Gasteiger charge is 2.20. The van der Waals surface area contributed by atoms with E-state index in [4.69, 9.17) is 11.6 Å². The maximum Gasteiger partial charge on any atom is 0.124 e. The van der Waals surface area contributed by atoms with Crippen molar-refractivity contribution >= 4 is 22.6 Å². The molecule has 0 atom stereocenters. The third-order valence-corrected chi connectivity index (χ3v) is 4.08. The standard InChI is InChI=1S/C14H17ClN2/c1-10-4-2-7-12-14(10)16-13(8-15)17(12)9-11-5-3-6-11/h2,4,7,11H,3,5-6,8-9H2,1H3. The molecule has 0 N–H and O–H groups in total. The van der Waals surface area contributed by atoms with Crippen LogP contribution in [0.15, 0.2) is 18.2 Å². The molecule has 0 radical (unpaired) electrons. The number of nitrogens with zero attached hydrogens (tertiary/aromatic N) is 2. The summed E-state index contributed by atoms with van der Waals surface area (Å²) in [4.78, 5) is 4.67. The minimum atomic E-state index is 0.501. The van der Waals surface area contributed by atoms with Crippen molar-refractivity contribution in [2.75, 3.05) is 0 Å². The Hall–Kier alpha value is -1.02. The largest absolute Gasteiger partial charge is 0.327 e. The van der Waals surface area contributed by atoms with Crippen molar-refractivity contribution in [2.24, 2.45) is 5.92 Å². The van der Waals surface area contributed by atoms with Crippen molar-refractivity contribution in [3.05, 3.63) is 29.6 Å². The van der Waals surface area contributed by atoms with Gasteiger partial charge < -0.3 is 4.57 Å². The number of fused-ring (bicyclic) bond motifs is 1. The Morgan fingerprint density at radius 1 is 1.41 bits per heavy atom. The molecule has 3 heteroatoms. The first kappa shape index (κ1) is 11.1. The van der Waals surface area contributed by atoms with Gasteiger partial charge in [-0.3, -0.25) is 0 Å². The summed E-state index contributed by atoms with van der Waals surface area (Å²) in [6, 6.07) is 6.37. The van der Waals surface area contributed by atoms with E-state index in [2.05, 4.69) is 34.7 Å². The first-order chi connectivity index (χ1) is 8.29. The second-order valence-corrected chi connectivity index (χ2v) is 5.28. The van der Waals surface area contributed by atoms with E-state index in [1.165, 1.54) is 30.3 Å². The van der Waals surface area contributed by atoms with Crippen LogP contribution >= 0.6 is 11.6 Å². The van der Waals surface area contributed by atoms with Crippen molar-refractivity contribution in [2.45, 2.75) is 38.6 Å². The molecule has 1 aromatic heterocycles. The third kappa shape index (κ3) is 1.85. The highest BCUT2D eigenvalue weighted by atomic mass is 35.5. The number of halogens is 1. The fourth-order valence-corrected chi connectivity index (χ4v) is 2.78.